The van der Waals surface area contributed by atoms with Crippen molar-refractivity contribution in [2.24, 2.45) is 0 Å². The van der Waals surface area contributed by atoms with Gasteiger partial charge < -0.3 is 5.11 Å². The summed E-state index contributed by atoms with van der Waals surface area (Å²) in [6.07, 6.45) is 2.11. The summed E-state index contributed by atoms with van der Waals surface area (Å²) in [4.78, 5) is 0. The van der Waals surface area contributed by atoms with Crippen LogP contribution in [0.1, 0.15) is 43.7 Å². The fourth-order valence-electron chi connectivity index (χ4n) is 1.64. The molecule has 0 aliphatic rings. The van der Waals surface area contributed by atoms with E-state index in [1.54, 1.807) is 6.07 Å². The molecule has 0 aliphatic carbocycles. The first-order valence-corrected chi connectivity index (χ1v) is 4.92. The molecule has 1 aromatic carbocycles. The first-order chi connectivity index (χ1) is 6.70. The monoisotopic (exact) mass is 189 g/mol. The van der Waals surface area contributed by atoms with E-state index in [0.29, 0.717) is 11.5 Å². The minimum Gasteiger partial charge on any atom is -0.506 e. The van der Waals surface area contributed by atoms with Crippen LogP contribution >= 0.6 is 0 Å². The Bertz CT molecular complexity index is 352. The van der Waals surface area contributed by atoms with Gasteiger partial charge in [-0.1, -0.05) is 32.4 Å². The molecular weight excluding hydrogens is 174 g/mol. The molecule has 1 unspecified atom stereocenters. The van der Waals surface area contributed by atoms with Crippen LogP contribution in [0.5, 0.6) is 5.75 Å². The highest BCUT2D eigenvalue weighted by Crippen LogP contribution is 2.30. The van der Waals surface area contributed by atoms with E-state index >= 15 is 0 Å². The van der Waals surface area contributed by atoms with E-state index in [4.69, 9.17) is 5.26 Å². The van der Waals surface area contributed by atoms with Crippen molar-refractivity contribution < 1.29 is 5.11 Å². The zero-order valence-corrected chi connectivity index (χ0v) is 8.62. The van der Waals surface area contributed by atoms with Crippen molar-refractivity contribution in [3.8, 4) is 11.8 Å². The van der Waals surface area contributed by atoms with Gasteiger partial charge in [-0.3, -0.25) is 0 Å². The van der Waals surface area contributed by atoms with Crippen LogP contribution in [0.15, 0.2) is 18.2 Å². The highest BCUT2D eigenvalue weighted by molar-refractivity contribution is 5.48. The van der Waals surface area contributed by atoms with Crippen molar-refractivity contribution in [3.63, 3.8) is 0 Å². The summed E-state index contributed by atoms with van der Waals surface area (Å²) in [7, 11) is 0. The lowest BCUT2D eigenvalue weighted by molar-refractivity contribution is 0.458. The molecule has 0 fully saturated rings. The number of phenols is 1. The van der Waals surface area contributed by atoms with Gasteiger partial charge in [-0.2, -0.15) is 5.26 Å². The van der Waals surface area contributed by atoms with E-state index in [9.17, 15) is 5.11 Å². The lowest BCUT2D eigenvalue weighted by Crippen LogP contribution is -1.94. The molecular formula is C12H15NO. The maximum absolute atomic E-state index is 9.76. The van der Waals surface area contributed by atoms with Gasteiger partial charge in [0.25, 0.3) is 0 Å². The molecule has 1 aromatic rings. The predicted octanol–water partition coefficient (Wildman–Crippen LogP) is 3.17. The van der Waals surface area contributed by atoms with E-state index in [1.807, 2.05) is 18.2 Å². The van der Waals surface area contributed by atoms with Crippen molar-refractivity contribution in [2.75, 3.05) is 0 Å². The van der Waals surface area contributed by atoms with Gasteiger partial charge in [-0.05, 0) is 24.0 Å². The molecule has 2 heteroatoms. The van der Waals surface area contributed by atoms with E-state index in [0.717, 1.165) is 18.4 Å². The van der Waals surface area contributed by atoms with Gasteiger partial charge in [-0.15, -0.1) is 0 Å². The first kappa shape index (κ1) is 10.6. The fraction of sp³-hybridized carbons (Fsp3) is 0.417. The standard InChI is InChI=1S/C12H15NO/c1-3-5-9(2)11-7-4-6-10(8-13)12(11)14/h4,6-7,9,14H,3,5H2,1-2H3. The SMILES string of the molecule is CCCC(C)c1cccc(C#N)c1O. The van der Waals surface area contributed by atoms with Crippen molar-refractivity contribution in [1.82, 2.24) is 0 Å². The third-order valence-corrected chi connectivity index (χ3v) is 2.44. The maximum Gasteiger partial charge on any atom is 0.136 e. The van der Waals surface area contributed by atoms with Crippen molar-refractivity contribution >= 4 is 0 Å². The Morgan fingerprint density at radius 2 is 2.21 bits per heavy atom. The summed E-state index contributed by atoms with van der Waals surface area (Å²) < 4.78 is 0. The van der Waals surface area contributed by atoms with E-state index in [2.05, 4.69) is 13.8 Å². The first-order valence-electron chi connectivity index (χ1n) is 4.92. The molecule has 0 aromatic heterocycles. The van der Waals surface area contributed by atoms with Gasteiger partial charge in [0.1, 0.15) is 11.8 Å². The third kappa shape index (κ3) is 2.05. The van der Waals surface area contributed by atoms with Crippen LogP contribution in [0.25, 0.3) is 0 Å². The second-order valence-corrected chi connectivity index (χ2v) is 3.54. The zero-order chi connectivity index (χ0) is 10.6. The number of hydrogen-bond donors (Lipinski definition) is 1. The second kappa shape index (κ2) is 4.66. The van der Waals surface area contributed by atoms with Crippen LogP contribution < -0.4 is 0 Å². The van der Waals surface area contributed by atoms with Crippen LogP contribution in [0, 0.1) is 11.3 Å². The number of hydrogen-bond acceptors (Lipinski definition) is 2. The molecule has 0 heterocycles. The summed E-state index contributed by atoms with van der Waals surface area (Å²) in [6.45, 7) is 4.18. The lowest BCUT2D eigenvalue weighted by Gasteiger charge is -2.12. The molecule has 0 amide bonds. The van der Waals surface area contributed by atoms with Gasteiger partial charge >= 0.3 is 0 Å². The van der Waals surface area contributed by atoms with Crippen LogP contribution in [0.2, 0.25) is 0 Å². The van der Waals surface area contributed by atoms with E-state index < -0.39 is 0 Å². The minimum absolute atomic E-state index is 0.149. The molecule has 1 atom stereocenters. The quantitative estimate of drug-likeness (QED) is 0.793. The lowest BCUT2D eigenvalue weighted by atomic mass is 9.94. The minimum atomic E-state index is 0.149. The molecule has 0 saturated carbocycles. The number of phenolic OH excluding ortho intramolecular Hbond substituents is 1. The summed E-state index contributed by atoms with van der Waals surface area (Å²) in [5.74, 6) is 0.462. The van der Waals surface area contributed by atoms with Crippen molar-refractivity contribution in [3.05, 3.63) is 29.3 Å². The molecule has 0 radical (unpaired) electrons. The Balaban J connectivity index is 3.04. The van der Waals surface area contributed by atoms with Crippen LogP contribution in [0.3, 0.4) is 0 Å². The van der Waals surface area contributed by atoms with Gasteiger partial charge in [0, 0.05) is 0 Å². The average Bonchev–Trinajstić information content (AvgIpc) is 2.18. The largest absolute Gasteiger partial charge is 0.506 e. The molecule has 0 aliphatic heterocycles. The number of nitrogens with zero attached hydrogens (tertiary/aromatic N) is 1. The highest BCUT2D eigenvalue weighted by atomic mass is 16.3. The normalized spacial score (nSPS) is 12.1. The highest BCUT2D eigenvalue weighted by Gasteiger charge is 2.11. The number of rotatable bonds is 3. The Morgan fingerprint density at radius 3 is 2.79 bits per heavy atom. The number of nitriles is 1. The molecule has 14 heavy (non-hydrogen) atoms. The third-order valence-electron chi connectivity index (χ3n) is 2.44. The second-order valence-electron chi connectivity index (χ2n) is 3.54. The van der Waals surface area contributed by atoms with Gasteiger partial charge in [0.2, 0.25) is 0 Å². The maximum atomic E-state index is 9.76. The predicted molar refractivity (Wildman–Crippen MR) is 56.1 cm³/mol. The summed E-state index contributed by atoms with van der Waals surface area (Å²) >= 11 is 0. The van der Waals surface area contributed by atoms with Gasteiger partial charge in [-0.25, -0.2) is 0 Å². The molecule has 2 nitrogen and oxygen atoms in total. The van der Waals surface area contributed by atoms with Crippen LogP contribution in [-0.4, -0.2) is 5.11 Å². The van der Waals surface area contributed by atoms with E-state index in [-0.39, 0.29) is 5.75 Å². The fourth-order valence-corrected chi connectivity index (χ4v) is 1.64. The molecule has 0 spiro atoms. The molecule has 74 valence electrons. The van der Waals surface area contributed by atoms with E-state index in [1.165, 1.54) is 0 Å². The zero-order valence-electron chi connectivity index (χ0n) is 8.62. The summed E-state index contributed by atoms with van der Waals surface area (Å²) in [5, 5.41) is 18.5. The molecule has 1 rings (SSSR count). The number of benzene rings is 1. The Morgan fingerprint density at radius 1 is 1.50 bits per heavy atom. The van der Waals surface area contributed by atoms with Crippen molar-refractivity contribution in [1.29, 1.82) is 5.26 Å². The average molecular weight is 189 g/mol. The Labute approximate surface area is 84.8 Å². The topological polar surface area (TPSA) is 44.0 Å². The molecule has 1 N–H and O–H groups in total. The van der Waals surface area contributed by atoms with Crippen molar-refractivity contribution in [2.45, 2.75) is 32.6 Å². The number of aromatic hydroxyl groups is 1. The van der Waals surface area contributed by atoms with Gasteiger partial charge in [0.15, 0.2) is 0 Å². The van der Waals surface area contributed by atoms with Crippen LogP contribution in [-0.2, 0) is 0 Å². The van der Waals surface area contributed by atoms with Crippen LogP contribution in [0.4, 0.5) is 0 Å². The Hall–Kier alpha value is -1.49. The smallest absolute Gasteiger partial charge is 0.136 e. The molecule has 0 saturated heterocycles. The summed E-state index contributed by atoms with van der Waals surface area (Å²) in [6, 6.07) is 7.32. The Kier molecular flexibility index (Phi) is 3.53. The van der Waals surface area contributed by atoms with Gasteiger partial charge in [0.05, 0.1) is 5.56 Å². The summed E-state index contributed by atoms with van der Waals surface area (Å²) in [5.41, 5.74) is 1.25. The molecule has 0 bridgehead atoms. The number of para-hydroxylation sites is 1.